The van der Waals surface area contributed by atoms with Crippen LogP contribution in [-0.2, 0) is 0 Å². The van der Waals surface area contributed by atoms with E-state index in [-0.39, 0.29) is 52.2 Å². The Morgan fingerprint density at radius 1 is 0.733 bits per heavy atom. The molecule has 0 aliphatic heterocycles. The predicted octanol–water partition coefficient (Wildman–Crippen LogP) is 6.94. The summed E-state index contributed by atoms with van der Waals surface area (Å²) >= 11 is 0. The van der Waals surface area contributed by atoms with Crippen molar-refractivity contribution in [2.24, 2.45) is 0 Å². The van der Waals surface area contributed by atoms with E-state index in [1.807, 2.05) is 56.3 Å². The minimum atomic E-state index is -0.427. The van der Waals surface area contributed by atoms with Gasteiger partial charge < -0.3 is 0 Å². The molecule has 0 fully saturated rings. The van der Waals surface area contributed by atoms with Crippen LogP contribution in [0.2, 0.25) is 0 Å². The number of rotatable bonds is 3. The van der Waals surface area contributed by atoms with Crippen LogP contribution in [-0.4, -0.2) is 15.0 Å². The van der Waals surface area contributed by atoms with Gasteiger partial charge in [-0.05, 0) is 40.1 Å². The van der Waals surface area contributed by atoms with Crippen molar-refractivity contribution in [3.63, 3.8) is 0 Å². The van der Waals surface area contributed by atoms with Crippen LogP contribution in [0.15, 0.2) is 78.7 Å². The Bertz CT molecular complexity index is 1680. The number of hydrogen-bond acceptors (Lipinski definition) is 3. The highest BCUT2D eigenvalue weighted by molar-refractivity contribution is 5.97. The zero-order valence-corrected chi connectivity index (χ0v) is 17.0. The molecule has 0 atom stereocenters. The van der Waals surface area contributed by atoms with Gasteiger partial charge in [0.25, 0.3) is 0 Å². The second-order valence-corrected chi connectivity index (χ2v) is 7.52. The first-order valence-corrected chi connectivity index (χ1v) is 9.86. The highest BCUT2D eigenvalue weighted by Gasteiger charge is 2.16. The molecule has 0 N–H and O–H groups in total. The number of nitrogens with zero attached hydrogens (tertiary/aromatic N) is 3. The number of fused-ring (bicyclic) bond motifs is 2. The quantitative estimate of drug-likeness (QED) is 0.332. The molecule has 0 aliphatic rings. The average molecular weight is 396 g/mol. The zero-order valence-electron chi connectivity index (χ0n) is 23.0. The second kappa shape index (κ2) is 7.34. The lowest BCUT2D eigenvalue weighted by atomic mass is 10.0. The average Bonchev–Trinajstić information content (AvgIpc) is 2.88. The van der Waals surface area contributed by atoms with Crippen LogP contribution in [0.3, 0.4) is 0 Å². The topological polar surface area (TPSA) is 38.7 Å². The molecule has 0 aliphatic carbocycles. The molecule has 0 spiro atoms. The summed E-state index contributed by atoms with van der Waals surface area (Å²) in [4.78, 5) is 14.1. The van der Waals surface area contributed by atoms with Gasteiger partial charge in [-0.1, -0.05) is 86.5 Å². The van der Waals surface area contributed by atoms with Crippen molar-refractivity contribution in [1.29, 1.82) is 0 Å². The van der Waals surface area contributed by atoms with Crippen molar-refractivity contribution < 1.29 is 8.22 Å². The summed E-state index contributed by atoms with van der Waals surface area (Å²) in [7, 11) is 0. The van der Waals surface area contributed by atoms with E-state index in [0.29, 0.717) is 17.2 Å². The van der Waals surface area contributed by atoms with E-state index in [1.165, 1.54) is 0 Å². The Balaban J connectivity index is 1.93. The van der Waals surface area contributed by atoms with Gasteiger partial charge in [0.05, 0.1) is 8.22 Å². The molecule has 1 heterocycles. The van der Waals surface area contributed by atoms with Gasteiger partial charge in [0.2, 0.25) is 0 Å². The van der Waals surface area contributed by atoms with E-state index in [4.69, 9.17) is 18.2 Å². The van der Waals surface area contributed by atoms with Crippen molar-refractivity contribution >= 4 is 21.5 Å². The molecule has 30 heavy (non-hydrogen) atoms. The maximum Gasteiger partial charge on any atom is 0.164 e. The summed E-state index contributed by atoms with van der Waals surface area (Å²) in [5.74, 6) is 1.01. The Hall–Kier alpha value is -3.59. The standard InChI is InChI=1S/C27H23N3/c1-17(2)25-28-26(23-14-8-11-19-9-4-6-12-21(19)23)30-27(29-25)24-16-18(3)15-20-10-5-7-13-22(20)24/h4-17H,1-3H3/i5D,7D,10D,13D,15D,16D. The summed E-state index contributed by atoms with van der Waals surface area (Å²) in [5.41, 5.74) is 1.27. The van der Waals surface area contributed by atoms with Crippen molar-refractivity contribution in [3.05, 3.63) is 90.1 Å². The third-order valence-electron chi connectivity index (χ3n) is 4.99. The number of hydrogen-bond donors (Lipinski definition) is 0. The van der Waals surface area contributed by atoms with E-state index in [1.54, 1.807) is 6.92 Å². The molecule has 3 heteroatoms. The van der Waals surface area contributed by atoms with Gasteiger partial charge in [-0.25, -0.2) is 15.0 Å². The lowest BCUT2D eigenvalue weighted by Gasteiger charge is -2.13. The normalized spacial score (nSPS) is 14.3. The van der Waals surface area contributed by atoms with Gasteiger partial charge in [0, 0.05) is 17.0 Å². The number of benzene rings is 4. The van der Waals surface area contributed by atoms with Crippen molar-refractivity contribution in [3.8, 4) is 22.8 Å². The minimum absolute atomic E-state index is 0.0395. The summed E-state index contributed by atoms with van der Waals surface area (Å²) in [6.45, 7) is 5.51. The Morgan fingerprint density at radius 3 is 2.30 bits per heavy atom. The fourth-order valence-electron chi connectivity index (χ4n) is 3.53. The molecule has 5 rings (SSSR count). The fourth-order valence-corrected chi connectivity index (χ4v) is 3.53. The van der Waals surface area contributed by atoms with Crippen LogP contribution in [0.1, 0.15) is 39.4 Å². The fraction of sp³-hybridized carbons (Fsp3) is 0.148. The molecule has 0 radical (unpaired) electrons. The molecular formula is C27H23N3. The van der Waals surface area contributed by atoms with E-state index in [2.05, 4.69) is 4.98 Å². The zero-order chi connectivity index (χ0) is 25.9. The molecule has 5 aromatic rings. The maximum atomic E-state index is 8.86. The molecule has 3 nitrogen and oxygen atoms in total. The van der Waals surface area contributed by atoms with Crippen LogP contribution >= 0.6 is 0 Å². The van der Waals surface area contributed by atoms with Crippen LogP contribution < -0.4 is 0 Å². The second-order valence-electron chi connectivity index (χ2n) is 7.52. The molecular weight excluding hydrogens is 366 g/mol. The lowest BCUT2D eigenvalue weighted by molar-refractivity contribution is 0.766. The van der Waals surface area contributed by atoms with Gasteiger partial charge in [0.1, 0.15) is 5.82 Å². The van der Waals surface area contributed by atoms with Gasteiger partial charge >= 0.3 is 0 Å². The van der Waals surface area contributed by atoms with Crippen molar-refractivity contribution in [2.75, 3.05) is 0 Å². The first-order chi connectivity index (χ1) is 17.1. The Labute approximate surface area is 184 Å². The van der Waals surface area contributed by atoms with Gasteiger partial charge in [-0.3, -0.25) is 0 Å². The van der Waals surface area contributed by atoms with Crippen LogP contribution in [0.25, 0.3) is 44.3 Å². The maximum absolute atomic E-state index is 8.86. The molecule has 0 saturated heterocycles. The first kappa shape index (κ1) is 12.9. The smallest absolute Gasteiger partial charge is 0.164 e. The molecule has 4 aromatic carbocycles. The Morgan fingerprint density at radius 2 is 1.47 bits per heavy atom. The molecule has 0 bridgehead atoms. The molecule has 0 unspecified atom stereocenters. The van der Waals surface area contributed by atoms with Gasteiger partial charge in [0.15, 0.2) is 11.6 Å². The summed E-state index contributed by atoms with van der Waals surface area (Å²) < 4.78 is 50.8. The highest BCUT2D eigenvalue weighted by atomic mass is 15.0. The molecule has 0 saturated carbocycles. The van der Waals surface area contributed by atoms with Gasteiger partial charge in [-0.2, -0.15) is 0 Å². The molecule has 1 aromatic heterocycles. The summed E-state index contributed by atoms with van der Waals surface area (Å²) in [5, 5.41) is 2.12. The summed E-state index contributed by atoms with van der Waals surface area (Å²) in [6, 6.07) is 12.1. The van der Waals surface area contributed by atoms with E-state index in [9.17, 15) is 0 Å². The molecule has 0 amide bonds. The summed E-state index contributed by atoms with van der Waals surface area (Å²) in [6.07, 6.45) is 0. The Kier molecular flexibility index (Phi) is 3.15. The first-order valence-electron chi connectivity index (χ1n) is 12.9. The largest absolute Gasteiger partial charge is 0.213 e. The van der Waals surface area contributed by atoms with Gasteiger partial charge in [-0.15, -0.1) is 0 Å². The SMILES string of the molecule is [2H]c1c([2H])c([2H])c2c(-c3nc(-c4cccc5ccccc45)nc(C(C)C)n3)c([2H])c(C)c([2H])c2c1[2H]. The van der Waals surface area contributed by atoms with Crippen LogP contribution in [0.4, 0.5) is 0 Å². The minimum Gasteiger partial charge on any atom is -0.213 e. The lowest BCUT2D eigenvalue weighted by Crippen LogP contribution is -2.05. The van der Waals surface area contributed by atoms with E-state index < -0.39 is 12.1 Å². The van der Waals surface area contributed by atoms with Crippen LogP contribution in [0.5, 0.6) is 0 Å². The van der Waals surface area contributed by atoms with E-state index >= 15 is 0 Å². The van der Waals surface area contributed by atoms with Crippen LogP contribution in [0, 0.1) is 6.92 Å². The predicted molar refractivity (Wildman–Crippen MR) is 125 cm³/mol. The van der Waals surface area contributed by atoms with Crippen molar-refractivity contribution in [1.82, 2.24) is 15.0 Å². The monoisotopic (exact) mass is 395 g/mol. The highest BCUT2D eigenvalue weighted by Crippen LogP contribution is 2.32. The van der Waals surface area contributed by atoms with E-state index in [0.717, 1.165) is 16.3 Å². The molecule has 146 valence electrons. The van der Waals surface area contributed by atoms with Crippen molar-refractivity contribution in [2.45, 2.75) is 26.7 Å². The third kappa shape index (κ3) is 3.22. The third-order valence-corrected chi connectivity index (χ3v) is 4.99. The number of aromatic nitrogens is 3.